The normalized spacial score (nSPS) is 10.4. The molecular weight excluding hydrogens is 377 g/mol. The van der Waals surface area contributed by atoms with Gasteiger partial charge in [0.25, 0.3) is 5.91 Å². The lowest BCUT2D eigenvalue weighted by Crippen LogP contribution is -2.14. The fraction of sp³-hybridized carbons (Fsp3) is 0.111. The number of nitrogens with zero attached hydrogens (tertiary/aromatic N) is 2. The quantitative estimate of drug-likeness (QED) is 0.672. The second kappa shape index (κ2) is 8.12. The molecule has 0 saturated carbocycles. The lowest BCUT2D eigenvalue weighted by atomic mass is 10.3. The number of ether oxygens (including phenoxy) is 2. The first-order valence-corrected chi connectivity index (χ1v) is 8.37. The van der Waals surface area contributed by atoms with Crippen LogP contribution in [0.3, 0.4) is 0 Å². The standard InChI is InChI=1S/C18H15Cl2N3O3/c1-25-14-4-2-3-13(10-14)21-18(24)16-7-8-23(22-16)11-26-17-6-5-12(19)9-15(17)20/h2-10H,11H2,1H3,(H,21,24). The zero-order valence-electron chi connectivity index (χ0n) is 13.8. The second-order valence-corrected chi connectivity index (χ2v) is 6.12. The first-order chi connectivity index (χ1) is 12.5. The third kappa shape index (κ3) is 4.47. The van der Waals surface area contributed by atoms with Gasteiger partial charge in [-0.05, 0) is 36.4 Å². The highest BCUT2D eigenvalue weighted by molar-refractivity contribution is 6.35. The van der Waals surface area contributed by atoms with Gasteiger partial charge in [0.2, 0.25) is 0 Å². The van der Waals surface area contributed by atoms with Crippen LogP contribution in [0.5, 0.6) is 11.5 Å². The Hall–Kier alpha value is -2.70. The van der Waals surface area contributed by atoms with Crippen molar-refractivity contribution in [2.75, 3.05) is 12.4 Å². The number of benzene rings is 2. The first kappa shape index (κ1) is 18.1. The topological polar surface area (TPSA) is 65.4 Å². The van der Waals surface area contributed by atoms with Crippen molar-refractivity contribution < 1.29 is 14.3 Å². The van der Waals surface area contributed by atoms with Gasteiger partial charge >= 0.3 is 0 Å². The molecule has 0 spiro atoms. The molecule has 2 aromatic carbocycles. The van der Waals surface area contributed by atoms with Gasteiger partial charge in [-0.15, -0.1) is 0 Å². The molecule has 0 aliphatic heterocycles. The molecule has 6 nitrogen and oxygen atoms in total. The minimum absolute atomic E-state index is 0.105. The van der Waals surface area contributed by atoms with Crippen LogP contribution in [0.25, 0.3) is 0 Å². The van der Waals surface area contributed by atoms with Crippen molar-refractivity contribution in [3.63, 3.8) is 0 Å². The van der Waals surface area contributed by atoms with Crippen molar-refractivity contribution in [1.82, 2.24) is 9.78 Å². The van der Waals surface area contributed by atoms with Gasteiger partial charge in [0.1, 0.15) is 11.5 Å². The third-order valence-electron chi connectivity index (χ3n) is 3.45. The molecule has 8 heteroatoms. The maximum absolute atomic E-state index is 12.3. The lowest BCUT2D eigenvalue weighted by Gasteiger charge is -2.08. The van der Waals surface area contributed by atoms with Gasteiger partial charge in [-0.3, -0.25) is 4.79 Å². The number of methoxy groups -OCH3 is 1. The van der Waals surface area contributed by atoms with Gasteiger partial charge in [0.15, 0.2) is 12.4 Å². The predicted molar refractivity (Wildman–Crippen MR) is 100 cm³/mol. The average molecular weight is 392 g/mol. The number of hydrogen-bond acceptors (Lipinski definition) is 4. The Bertz CT molecular complexity index is 928. The summed E-state index contributed by atoms with van der Waals surface area (Å²) in [6, 6.07) is 13.6. The van der Waals surface area contributed by atoms with E-state index in [2.05, 4.69) is 10.4 Å². The Morgan fingerprint density at radius 1 is 1.19 bits per heavy atom. The smallest absolute Gasteiger partial charge is 0.276 e. The zero-order valence-corrected chi connectivity index (χ0v) is 15.3. The van der Waals surface area contributed by atoms with Crippen LogP contribution in [0, 0.1) is 0 Å². The van der Waals surface area contributed by atoms with E-state index < -0.39 is 0 Å². The number of amides is 1. The third-order valence-corrected chi connectivity index (χ3v) is 3.98. The van der Waals surface area contributed by atoms with E-state index >= 15 is 0 Å². The van der Waals surface area contributed by atoms with E-state index in [0.717, 1.165) is 0 Å². The molecule has 1 heterocycles. The van der Waals surface area contributed by atoms with Crippen LogP contribution in [0.4, 0.5) is 5.69 Å². The fourth-order valence-corrected chi connectivity index (χ4v) is 2.64. The summed E-state index contributed by atoms with van der Waals surface area (Å²) in [4.78, 5) is 12.3. The van der Waals surface area contributed by atoms with Gasteiger partial charge in [-0.2, -0.15) is 5.10 Å². The summed E-state index contributed by atoms with van der Waals surface area (Å²) < 4.78 is 12.2. The SMILES string of the molecule is COc1cccc(NC(=O)c2ccn(COc3ccc(Cl)cc3Cl)n2)c1. The van der Waals surface area contributed by atoms with Crippen LogP contribution in [-0.2, 0) is 6.73 Å². The Morgan fingerprint density at radius 2 is 2.04 bits per heavy atom. The van der Waals surface area contributed by atoms with E-state index in [0.29, 0.717) is 27.2 Å². The summed E-state index contributed by atoms with van der Waals surface area (Å²) >= 11 is 11.9. The lowest BCUT2D eigenvalue weighted by molar-refractivity contribution is 0.102. The van der Waals surface area contributed by atoms with Gasteiger partial charge in [-0.25, -0.2) is 4.68 Å². The number of aromatic nitrogens is 2. The van der Waals surface area contributed by atoms with Crippen molar-refractivity contribution >= 4 is 34.8 Å². The molecule has 3 rings (SSSR count). The summed E-state index contributed by atoms with van der Waals surface area (Å²) in [5, 5.41) is 7.88. The number of rotatable bonds is 6. The van der Waals surface area contributed by atoms with Crippen molar-refractivity contribution in [3.8, 4) is 11.5 Å². The van der Waals surface area contributed by atoms with Crippen LogP contribution in [0.1, 0.15) is 10.5 Å². The van der Waals surface area contributed by atoms with Crippen LogP contribution >= 0.6 is 23.2 Å². The minimum atomic E-state index is -0.332. The highest BCUT2D eigenvalue weighted by atomic mass is 35.5. The number of carbonyl (C=O) groups excluding carboxylic acids is 1. The molecule has 0 fully saturated rings. The molecule has 0 radical (unpaired) electrons. The van der Waals surface area contributed by atoms with Gasteiger partial charge in [-0.1, -0.05) is 29.3 Å². The summed E-state index contributed by atoms with van der Waals surface area (Å²) in [5.41, 5.74) is 0.881. The maximum atomic E-state index is 12.3. The van der Waals surface area contributed by atoms with Crippen LogP contribution in [0.15, 0.2) is 54.7 Å². The molecule has 3 aromatic rings. The minimum Gasteiger partial charge on any atom is -0.497 e. The molecular formula is C18H15Cl2N3O3. The molecule has 1 N–H and O–H groups in total. The maximum Gasteiger partial charge on any atom is 0.276 e. The number of carbonyl (C=O) groups is 1. The highest BCUT2D eigenvalue weighted by Crippen LogP contribution is 2.27. The zero-order chi connectivity index (χ0) is 18.5. The summed E-state index contributed by atoms with van der Waals surface area (Å²) in [6.07, 6.45) is 1.64. The van der Waals surface area contributed by atoms with Crippen molar-refractivity contribution in [3.05, 3.63) is 70.5 Å². The van der Waals surface area contributed by atoms with Crippen molar-refractivity contribution in [2.45, 2.75) is 6.73 Å². The molecule has 0 saturated heterocycles. The molecule has 1 aromatic heterocycles. The van der Waals surface area contributed by atoms with Gasteiger partial charge in [0, 0.05) is 23.0 Å². The molecule has 0 aliphatic carbocycles. The first-order valence-electron chi connectivity index (χ1n) is 7.62. The molecule has 0 aliphatic rings. The summed E-state index contributed by atoms with van der Waals surface area (Å²) in [5.74, 6) is 0.803. The molecule has 26 heavy (non-hydrogen) atoms. The van der Waals surface area contributed by atoms with E-state index in [1.165, 1.54) is 4.68 Å². The number of nitrogens with one attached hydrogen (secondary N) is 1. The molecule has 134 valence electrons. The van der Waals surface area contributed by atoms with Gasteiger partial charge < -0.3 is 14.8 Å². The fourth-order valence-electron chi connectivity index (χ4n) is 2.18. The summed E-state index contributed by atoms with van der Waals surface area (Å²) in [7, 11) is 1.57. The number of halogens is 2. The molecule has 0 unspecified atom stereocenters. The van der Waals surface area contributed by atoms with E-state index in [4.69, 9.17) is 32.7 Å². The second-order valence-electron chi connectivity index (χ2n) is 5.27. The summed E-state index contributed by atoms with van der Waals surface area (Å²) in [6.45, 7) is 0.105. The van der Waals surface area contributed by atoms with Crippen LogP contribution < -0.4 is 14.8 Å². The van der Waals surface area contributed by atoms with Crippen LogP contribution in [-0.4, -0.2) is 22.8 Å². The Labute approximate surface area is 160 Å². The van der Waals surface area contributed by atoms with E-state index in [9.17, 15) is 4.79 Å². The Kier molecular flexibility index (Phi) is 5.65. The molecule has 0 atom stereocenters. The van der Waals surface area contributed by atoms with E-state index in [-0.39, 0.29) is 18.3 Å². The monoisotopic (exact) mass is 391 g/mol. The van der Waals surface area contributed by atoms with E-state index in [1.807, 2.05) is 0 Å². The van der Waals surface area contributed by atoms with E-state index in [1.54, 1.807) is 61.8 Å². The van der Waals surface area contributed by atoms with Gasteiger partial charge in [0.05, 0.1) is 12.1 Å². The number of hydrogen-bond donors (Lipinski definition) is 1. The molecule has 1 amide bonds. The Balaban J connectivity index is 1.62. The Morgan fingerprint density at radius 3 is 2.81 bits per heavy atom. The van der Waals surface area contributed by atoms with Crippen LogP contribution in [0.2, 0.25) is 10.0 Å². The van der Waals surface area contributed by atoms with Crippen molar-refractivity contribution in [2.24, 2.45) is 0 Å². The largest absolute Gasteiger partial charge is 0.497 e. The number of anilines is 1. The highest BCUT2D eigenvalue weighted by Gasteiger charge is 2.11. The van der Waals surface area contributed by atoms with Crippen molar-refractivity contribution in [1.29, 1.82) is 0 Å². The molecule has 0 bridgehead atoms. The predicted octanol–water partition coefficient (Wildman–Crippen LogP) is 4.49. The average Bonchev–Trinajstić information content (AvgIpc) is 3.10.